The summed E-state index contributed by atoms with van der Waals surface area (Å²) < 4.78 is 20.1. The minimum absolute atomic E-state index is 0.192. The molecule has 0 amide bonds. The number of nitrogens with zero attached hydrogens (tertiary/aromatic N) is 2. The van der Waals surface area contributed by atoms with Crippen molar-refractivity contribution in [3.8, 4) is 11.4 Å². The van der Waals surface area contributed by atoms with E-state index in [4.69, 9.17) is 4.74 Å². The summed E-state index contributed by atoms with van der Waals surface area (Å²) in [5.74, 6) is 0.441. The van der Waals surface area contributed by atoms with Gasteiger partial charge in [0.05, 0.1) is 29.3 Å². The van der Waals surface area contributed by atoms with Crippen LogP contribution in [0, 0.1) is 5.82 Å². The van der Waals surface area contributed by atoms with E-state index in [1.54, 1.807) is 12.1 Å². The van der Waals surface area contributed by atoms with Crippen molar-refractivity contribution in [3.05, 3.63) is 76.0 Å². The first-order chi connectivity index (χ1) is 13.5. The van der Waals surface area contributed by atoms with E-state index < -0.39 is 0 Å². The monoisotopic (exact) mass is 381 g/mol. The quantitative estimate of drug-likeness (QED) is 0.598. The number of hydrogen-bond acceptors (Lipinski definition) is 3. The van der Waals surface area contributed by atoms with E-state index in [2.05, 4.69) is 17.0 Å². The molecule has 0 aliphatic carbocycles. The van der Waals surface area contributed by atoms with E-state index in [1.807, 2.05) is 38.1 Å². The number of nitrogens with one attached hydrogen (secondary N) is 1. The van der Waals surface area contributed by atoms with E-state index in [1.165, 1.54) is 16.8 Å². The van der Waals surface area contributed by atoms with E-state index in [0.717, 1.165) is 30.0 Å². The second kappa shape index (κ2) is 8.69. The Bertz CT molecular complexity index is 1020. The maximum atomic E-state index is 13.2. The Balaban J connectivity index is 2.01. The van der Waals surface area contributed by atoms with Gasteiger partial charge in [0.1, 0.15) is 11.6 Å². The third-order valence-corrected chi connectivity index (χ3v) is 4.36. The fraction of sp³-hybridized carbons (Fsp3) is 0.273. The Labute approximate surface area is 163 Å². The Hall–Kier alpha value is -3.15. The highest BCUT2D eigenvalue weighted by Gasteiger charge is 2.17. The van der Waals surface area contributed by atoms with E-state index in [0.29, 0.717) is 23.6 Å². The molecule has 0 atom stereocenters. The number of rotatable bonds is 7. The normalized spacial score (nSPS) is 11.6. The average molecular weight is 381 g/mol. The van der Waals surface area contributed by atoms with E-state index in [9.17, 15) is 9.18 Å². The summed E-state index contributed by atoms with van der Waals surface area (Å²) in [5.41, 5.74) is 3.15. The lowest BCUT2D eigenvalue weighted by atomic mass is 10.1. The summed E-state index contributed by atoms with van der Waals surface area (Å²) in [4.78, 5) is 17.7. The maximum Gasteiger partial charge on any atom is 0.280 e. The topological polar surface area (TPSA) is 59.4 Å². The number of H-pyrrole nitrogens is 1. The predicted molar refractivity (Wildman–Crippen MR) is 110 cm³/mol. The molecule has 1 heterocycles. The molecule has 0 saturated carbocycles. The highest BCUT2D eigenvalue weighted by Crippen LogP contribution is 2.20. The lowest BCUT2D eigenvalue weighted by Crippen LogP contribution is -2.19. The molecule has 3 aromatic rings. The standard InChI is InChI=1S/C22H24FN3O2/c1-4-6-20-21(15(3)24-17-9-13-19(14-10-17)28-5-2)22(27)26(25-20)18-11-7-16(23)8-12-18/h7-14,25H,4-6H2,1-3H3. The molecule has 1 N–H and O–H groups in total. The van der Waals surface area contributed by atoms with Crippen LogP contribution in [0.3, 0.4) is 0 Å². The molecule has 28 heavy (non-hydrogen) atoms. The lowest BCUT2D eigenvalue weighted by molar-refractivity contribution is 0.340. The number of hydrogen-bond donors (Lipinski definition) is 1. The summed E-state index contributed by atoms with van der Waals surface area (Å²) in [6.07, 6.45) is 1.60. The third-order valence-electron chi connectivity index (χ3n) is 4.36. The molecule has 1 aromatic heterocycles. The Morgan fingerprint density at radius 1 is 1.11 bits per heavy atom. The zero-order valence-corrected chi connectivity index (χ0v) is 16.3. The molecule has 0 saturated heterocycles. The number of benzene rings is 2. The van der Waals surface area contributed by atoms with E-state index in [-0.39, 0.29) is 11.4 Å². The highest BCUT2D eigenvalue weighted by atomic mass is 19.1. The SMILES string of the molecule is CCCc1[nH]n(-c2ccc(F)cc2)c(=O)c1C(C)=Nc1ccc(OCC)cc1. The number of aromatic amines is 1. The number of ether oxygens (including phenoxy) is 1. The van der Waals surface area contributed by atoms with Crippen LogP contribution in [0.1, 0.15) is 38.4 Å². The molecule has 0 aliphatic heterocycles. The van der Waals surface area contributed by atoms with Crippen LogP contribution in [0.25, 0.3) is 5.69 Å². The first-order valence-electron chi connectivity index (χ1n) is 9.41. The molecule has 5 nitrogen and oxygen atoms in total. The van der Waals surface area contributed by atoms with Crippen molar-refractivity contribution in [2.45, 2.75) is 33.6 Å². The third kappa shape index (κ3) is 4.22. The Morgan fingerprint density at radius 3 is 2.39 bits per heavy atom. The predicted octanol–water partition coefficient (Wildman–Crippen LogP) is 4.80. The van der Waals surface area contributed by atoms with Crippen molar-refractivity contribution in [2.24, 2.45) is 4.99 Å². The van der Waals surface area contributed by atoms with Gasteiger partial charge in [-0.25, -0.2) is 9.07 Å². The molecule has 146 valence electrons. The van der Waals surface area contributed by atoms with Crippen molar-refractivity contribution in [1.82, 2.24) is 9.78 Å². The van der Waals surface area contributed by atoms with Gasteiger partial charge in [-0.1, -0.05) is 13.3 Å². The van der Waals surface area contributed by atoms with Crippen molar-refractivity contribution in [3.63, 3.8) is 0 Å². The van der Waals surface area contributed by atoms with Crippen LogP contribution in [0.2, 0.25) is 0 Å². The smallest absolute Gasteiger partial charge is 0.280 e. The summed E-state index contributed by atoms with van der Waals surface area (Å²) in [7, 11) is 0. The minimum Gasteiger partial charge on any atom is -0.494 e. The van der Waals surface area contributed by atoms with Gasteiger partial charge in [0.15, 0.2) is 0 Å². The molecule has 0 radical (unpaired) electrons. The van der Waals surface area contributed by atoms with E-state index >= 15 is 0 Å². The zero-order chi connectivity index (χ0) is 20.1. The second-order valence-corrected chi connectivity index (χ2v) is 6.46. The van der Waals surface area contributed by atoms with Gasteiger partial charge in [-0.05, 0) is 68.8 Å². The van der Waals surface area contributed by atoms with Crippen LogP contribution in [0.5, 0.6) is 5.75 Å². The minimum atomic E-state index is -0.342. The maximum absolute atomic E-state index is 13.2. The molecular formula is C22H24FN3O2. The summed E-state index contributed by atoms with van der Waals surface area (Å²) in [6.45, 7) is 6.42. The Morgan fingerprint density at radius 2 is 1.79 bits per heavy atom. The average Bonchev–Trinajstić information content (AvgIpc) is 3.01. The molecule has 3 rings (SSSR count). The molecular weight excluding hydrogens is 357 g/mol. The number of aromatic nitrogens is 2. The van der Waals surface area contributed by atoms with Crippen molar-refractivity contribution < 1.29 is 9.13 Å². The first kappa shape index (κ1) is 19.6. The fourth-order valence-corrected chi connectivity index (χ4v) is 3.09. The van der Waals surface area contributed by atoms with Gasteiger partial charge >= 0.3 is 0 Å². The van der Waals surface area contributed by atoms with Crippen molar-refractivity contribution in [1.29, 1.82) is 0 Å². The first-order valence-corrected chi connectivity index (χ1v) is 9.41. The van der Waals surface area contributed by atoms with Gasteiger partial charge in [0, 0.05) is 5.69 Å². The molecule has 0 bridgehead atoms. The molecule has 0 spiro atoms. The van der Waals surface area contributed by atoms with Crippen LogP contribution in [0.15, 0.2) is 58.3 Å². The van der Waals surface area contributed by atoms with Crippen LogP contribution < -0.4 is 10.3 Å². The van der Waals surface area contributed by atoms with Gasteiger partial charge in [0.25, 0.3) is 5.56 Å². The number of halogens is 1. The summed E-state index contributed by atoms with van der Waals surface area (Å²) in [6, 6.07) is 13.3. The van der Waals surface area contributed by atoms with Gasteiger partial charge in [0.2, 0.25) is 0 Å². The second-order valence-electron chi connectivity index (χ2n) is 6.46. The van der Waals surface area contributed by atoms with Gasteiger partial charge in [-0.3, -0.25) is 14.9 Å². The highest BCUT2D eigenvalue weighted by molar-refractivity contribution is 6.01. The van der Waals surface area contributed by atoms with Crippen LogP contribution in [-0.2, 0) is 6.42 Å². The summed E-state index contributed by atoms with van der Waals surface area (Å²) >= 11 is 0. The molecule has 0 unspecified atom stereocenters. The molecule has 2 aromatic carbocycles. The fourth-order valence-electron chi connectivity index (χ4n) is 3.09. The number of aryl methyl sites for hydroxylation is 1. The van der Waals surface area contributed by atoms with Crippen molar-refractivity contribution in [2.75, 3.05) is 6.61 Å². The molecule has 6 heteroatoms. The van der Waals surface area contributed by atoms with Crippen LogP contribution in [-0.4, -0.2) is 22.1 Å². The lowest BCUT2D eigenvalue weighted by Gasteiger charge is -2.04. The van der Waals surface area contributed by atoms with Gasteiger partial charge < -0.3 is 4.74 Å². The zero-order valence-electron chi connectivity index (χ0n) is 16.3. The van der Waals surface area contributed by atoms with Crippen LogP contribution in [0.4, 0.5) is 10.1 Å². The van der Waals surface area contributed by atoms with Crippen LogP contribution >= 0.6 is 0 Å². The molecule has 0 fully saturated rings. The van der Waals surface area contributed by atoms with Gasteiger partial charge in [-0.15, -0.1) is 0 Å². The Kier molecular flexibility index (Phi) is 6.09. The largest absolute Gasteiger partial charge is 0.494 e. The molecule has 0 aliphatic rings. The van der Waals surface area contributed by atoms with Gasteiger partial charge in [-0.2, -0.15) is 0 Å². The number of aliphatic imine (C=N–C) groups is 1. The summed E-state index contributed by atoms with van der Waals surface area (Å²) in [5, 5.41) is 3.16. The van der Waals surface area contributed by atoms with Crippen molar-refractivity contribution >= 4 is 11.4 Å².